The van der Waals surface area contributed by atoms with Crippen molar-refractivity contribution in [3.05, 3.63) is 71.8 Å². The average Bonchev–Trinajstić information content (AvgIpc) is 3.12. The molecule has 2 fully saturated rings. The lowest BCUT2D eigenvalue weighted by Gasteiger charge is -2.20. The molecule has 2 aromatic rings. The number of hydrogen-bond donors (Lipinski definition) is 0. The first-order valence-electron chi connectivity index (χ1n) is 21.4. The van der Waals surface area contributed by atoms with E-state index < -0.39 is 0 Å². The lowest BCUT2D eigenvalue weighted by atomic mass is 9.86. The molecule has 0 aliphatic heterocycles. The van der Waals surface area contributed by atoms with E-state index in [0.717, 1.165) is 24.2 Å². The first-order valence-corrected chi connectivity index (χ1v) is 21.4. The van der Waals surface area contributed by atoms with Gasteiger partial charge in [-0.25, -0.2) is 0 Å². The molecule has 0 saturated heterocycles. The van der Waals surface area contributed by atoms with Crippen LogP contribution in [0.3, 0.4) is 0 Å². The number of unbranched alkanes of at least 4 members (excludes halogenated alkanes) is 2. The molecule has 0 heteroatoms. The van der Waals surface area contributed by atoms with Crippen molar-refractivity contribution in [2.24, 2.45) is 17.8 Å². The molecule has 0 radical (unpaired) electrons. The summed E-state index contributed by atoms with van der Waals surface area (Å²) in [5, 5.41) is 0. The SMILES string of the molecule is CCC.CCC1CCCCC1.CCCC(C)C.CCCC1CCCCC1.CCCCC.CCCc1ccccc1.CCc1ccccc1. The standard InChI is InChI=1S/C9H18.C9H12.C8H16.C8H10.C6H14.C5H12.C3H8/c2*1-2-6-9-7-4-3-5-8-9;2*1-2-8-6-4-3-5-7-8;1-4-5-6(2)3;1-3-5-4-2;1-3-2/h9H,2-8H2,1H3;3-5,7-8H,2,6H2,1H3;8H,2-7H2,1H3;3-7H,2H2,1H3;6H,4-5H2,1-3H3;3-5H2,1-2H3;3H2,1-2H3. The smallest absolute Gasteiger partial charge is 0.0281 e. The molecule has 282 valence electrons. The fourth-order valence-corrected chi connectivity index (χ4v) is 6.06. The summed E-state index contributed by atoms with van der Waals surface area (Å²) in [6, 6.07) is 21.0. The lowest BCUT2D eigenvalue weighted by Crippen LogP contribution is -2.04. The number of benzene rings is 2. The van der Waals surface area contributed by atoms with E-state index in [2.05, 4.69) is 131 Å². The second-order valence-electron chi connectivity index (χ2n) is 14.5. The molecule has 4 rings (SSSR count). The van der Waals surface area contributed by atoms with Gasteiger partial charge in [0.05, 0.1) is 0 Å². The molecule has 2 saturated carbocycles. The first kappa shape index (κ1) is 50.8. The van der Waals surface area contributed by atoms with Crippen molar-refractivity contribution in [3.63, 3.8) is 0 Å². The Labute approximate surface area is 306 Å². The molecule has 0 nitrogen and oxygen atoms in total. The van der Waals surface area contributed by atoms with Gasteiger partial charge in [-0.2, -0.15) is 0 Å². The van der Waals surface area contributed by atoms with Gasteiger partial charge in [0.1, 0.15) is 0 Å². The summed E-state index contributed by atoms with van der Waals surface area (Å²) in [6.07, 6.45) is 31.0. The molecule has 0 bridgehead atoms. The second-order valence-corrected chi connectivity index (χ2v) is 14.5. The monoisotopic (exact) mass is 667 g/mol. The van der Waals surface area contributed by atoms with Crippen molar-refractivity contribution in [3.8, 4) is 0 Å². The summed E-state index contributed by atoms with van der Waals surface area (Å²) in [5.41, 5.74) is 2.85. The van der Waals surface area contributed by atoms with Crippen molar-refractivity contribution < 1.29 is 0 Å². The average molecular weight is 667 g/mol. The fourth-order valence-electron chi connectivity index (χ4n) is 6.06. The summed E-state index contributed by atoms with van der Waals surface area (Å²) in [6.45, 7) is 24.4. The maximum Gasteiger partial charge on any atom is -0.0281 e. The Morgan fingerprint density at radius 1 is 0.500 bits per heavy atom. The van der Waals surface area contributed by atoms with Crippen LogP contribution in [-0.4, -0.2) is 0 Å². The Morgan fingerprint density at radius 3 is 1.19 bits per heavy atom. The van der Waals surface area contributed by atoms with Crippen LogP contribution in [0.2, 0.25) is 0 Å². The minimum absolute atomic E-state index is 0.898. The summed E-state index contributed by atoms with van der Waals surface area (Å²) >= 11 is 0. The normalized spacial score (nSPS) is 13.9. The minimum atomic E-state index is 0.898. The van der Waals surface area contributed by atoms with E-state index in [9.17, 15) is 0 Å². The van der Waals surface area contributed by atoms with E-state index in [0.29, 0.717) is 0 Å². The number of hydrogen-bond acceptors (Lipinski definition) is 0. The maximum absolute atomic E-state index is 2.32. The Bertz CT molecular complexity index is 759. The second kappa shape index (κ2) is 43.5. The zero-order chi connectivity index (χ0) is 36.5. The summed E-state index contributed by atoms with van der Waals surface area (Å²) in [4.78, 5) is 0. The van der Waals surface area contributed by atoms with Gasteiger partial charge in [0.2, 0.25) is 0 Å². The highest BCUT2D eigenvalue weighted by molar-refractivity contribution is 5.14. The van der Waals surface area contributed by atoms with Gasteiger partial charge < -0.3 is 0 Å². The molecule has 2 aliphatic carbocycles. The first-order chi connectivity index (χ1) is 23.3. The summed E-state index contributed by atoms with van der Waals surface area (Å²) in [5.74, 6) is 3.09. The Balaban J connectivity index is -0.000000503. The third kappa shape index (κ3) is 40.6. The molecule has 0 aromatic heterocycles. The minimum Gasteiger partial charge on any atom is -0.0656 e. The molecular formula is C48H90. The van der Waals surface area contributed by atoms with E-state index in [1.165, 1.54) is 146 Å². The zero-order valence-corrected chi connectivity index (χ0v) is 35.1. The van der Waals surface area contributed by atoms with Crippen molar-refractivity contribution in [1.82, 2.24) is 0 Å². The Hall–Kier alpha value is -1.56. The molecule has 0 spiro atoms. The summed E-state index contributed by atoms with van der Waals surface area (Å²) < 4.78 is 0. The van der Waals surface area contributed by atoms with Crippen LogP contribution in [0.1, 0.15) is 216 Å². The van der Waals surface area contributed by atoms with E-state index in [1.54, 1.807) is 0 Å². The van der Waals surface area contributed by atoms with Crippen molar-refractivity contribution in [2.45, 2.75) is 217 Å². The van der Waals surface area contributed by atoms with Gasteiger partial charge in [-0.15, -0.1) is 0 Å². The van der Waals surface area contributed by atoms with Gasteiger partial charge in [-0.05, 0) is 41.7 Å². The van der Waals surface area contributed by atoms with Crippen molar-refractivity contribution >= 4 is 0 Å². The predicted molar refractivity (Wildman–Crippen MR) is 226 cm³/mol. The van der Waals surface area contributed by atoms with Crippen LogP contribution in [-0.2, 0) is 12.8 Å². The molecule has 0 unspecified atom stereocenters. The molecule has 2 aromatic carbocycles. The van der Waals surface area contributed by atoms with E-state index in [-0.39, 0.29) is 0 Å². The van der Waals surface area contributed by atoms with Crippen LogP contribution in [0, 0.1) is 17.8 Å². The third-order valence-corrected chi connectivity index (χ3v) is 8.93. The van der Waals surface area contributed by atoms with Gasteiger partial charge in [0.15, 0.2) is 0 Å². The van der Waals surface area contributed by atoms with E-state index >= 15 is 0 Å². The van der Waals surface area contributed by atoms with Gasteiger partial charge in [-0.3, -0.25) is 0 Å². The molecule has 2 aliphatic rings. The van der Waals surface area contributed by atoms with E-state index in [4.69, 9.17) is 0 Å². The molecule has 48 heavy (non-hydrogen) atoms. The van der Waals surface area contributed by atoms with Crippen LogP contribution in [0.4, 0.5) is 0 Å². The highest BCUT2D eigenvalue weighted by Crippen LogP contribution is 2.27. The Kier molecular flexibility index (Phi) is 46.0. The topological polar surface area (TPSA) is 0 Å². The van der Waals surface area contributed by atoms with E-state index in [1.807, 2.05) is 6.07 Å². The molecule has 0 N–H and O–H groups in total. The quantitative estimate of drug-likeness (QED) is 0.237. The van der Waals surface area contributed by atoms with Gasteiger partial charge in [0, 0.05) is 0 Å². The van der Waals surface area contributed by atoms with Crippen LogP contribution in [0.15, 0.2) is 60.7 Å². The third-order valence-electron chi connectivity index (χ3n) is 8.93. The molecule has 0 atom stereocenters. The van der Waals surface area contributed by atoms with Gasteiger partial charge in [0.25, 0.3) is 0 Å². The van der Waals surface area contributed by atoms with Crippen molar-refractivity contribution in [1.29, 1.82) is 0 Å². The van der Waals surface area contributed by atoms with Crippen LogP contribution in [0.25, 0.3) is 0 Å². The summed E-state index contributed by atoms with van der Waals surface area (Å²) in [7, 11) is 0. The largest absolute Gasteiger partial charge is 0.0656 e. The molecule has 0 heterocycles. The lowest BCUT2D eigenvalue weighted by molar-refractivity contribution is 0.336. The maximum atomic E-state index is 2.32. The van der Waals surface area contributed by atoms with Crippen LogP contribution < -0.4 is 0 Å². The van der Waals surface area contributed by atoms with Crippen LogP contribution >= 0.6 is 0 Å². The highest BCUT2D eigenvalue weighted by Gasteiger charge is 2.11. The van der Waals surface area contributed by atoms with Gasteiger partial charge in [-0.1, -0.05) is 265 Å². The van der Waals surface area contributed by atoms with Gasteiger partial charge >= 0.3 is 0 Å². The number of rotatable bonds is 10. The molecular weight excluding hydrogens is 577 g/mol. The fraction of sp³-hybridized carbons (Fsp3) is 0.750. The highest BCUT2D eigenvalue weighted by atomic mass is 14.2. The molecule has 0 amide bonds. The Morgan fingerprint density at radius 2 is 0.938 bits per heavy atom. The van der Waals surface area contributed by atoms with Crippen molar-refractivity contribution in [2.75, 3.05) is 0 Å². The number of aryl methyl sites for hydroxylation is 2. The zero-order valence-electron chi connectivity index (χ0n) is 35.1. The predicted octanol–water partition coefficient (Wildman–Crippen LogP) is 17.3. The van der Waals surface area contributed by atoms with Crippen LogP contribution in [0.5, 0.6) is 0 Å².